The predicted octanol–water partition coefficient (Wildman–Crippen LogP) is 1.40. The molecule has 3 nitrogen and oxygen atoms in total. The summed E-state index contributed by atoms with van der Waals surface area (Å²) in [7, 11) is 1.85. The van der Waals surface area contributed by atoms with Gasteiger partial charge in [0.25, 0.3) is 0 Å². The van der Waals surface area contributed by atoms with E-state index in [1.165, 1.54) is 0 Å². The normalized spacial score (nSPS) is 9.73. The number of nitrogens with one attached hydrogen (secondary N) is 1. The number of aryl methyl sites for hydroxylation is 1. The van der Waals surface area contributed by atoms with Crippen molar-refractivity contribution in [1.29, 1.82) is 0 Å². The Kier molecular flexibility index (Phi) is 1.98. The van der Waals surface area contributed by atoms with E-state index in [4.69, 9.17) is 0 Å². The Bertz CT molecular complexity index is 273. The van der Waals surface area contributed by atoms with E-state index in [-0.39, 0.29) is 0 Å². The molecule has 0 aliphatic carbocycles. The van der Waals surface area contributed by atoms with Crippen LogP contribution in [0.2, 0.25) is 0 Å². The van der Waals surface area contributed by atoms with Crippen molar-refractivity contribution in [3.63, 3.8) is 0 Å². The highest BCUT2D eigenvalue weighted by Crippen LogP contribution is 2.08. The van der Waals surface area contributed by atoms with E-state index >= 15 is 0 Å². The molecule has 1 aromatic rings. The van der Waals surface area contributed by atoms with Gasteiger partial charge in [0, 0.05) is 13.2 Å². The third-order valence-corrected chi connectivity index (χ3v) is 1.45. The van der Waals surface area contributed by atoms with E-state index in [0.29, 0.717) is 0 Å². The monoisotopic (exact) mass is 151 g/mol. The van der Waals surface area contributed by atoms with Crippen LogP contribution in [-0.2, 0) is 0 Å². The summed E-state index contributed by atoms with van der Waals surface area (Å²) >= 11 is 0. The first-order valence-electron chi connectivity index (χ1n) is 3.54. The smallest absolute Gasteiger partial charge is 0.153 e. The molecule has 1 N–H and O–H groups in total. The molecule has 0 fully saturated rings. The first-order valence-corrected chi connectivity index (χ1v) is 3.54. The molecule has 0 bridgehead atoms. The van der Waals surface area contributed by atoms with Gasteiger partial charge in [0.1, 0.15) is 0 Å². The third kappa shape index (κ3) is 1.42. The Balaban J connectivity index is 3.12. The summed E-state index contributed by atoms with van der Waals surface area (Å²) in [5.74, 6) is 0.894. The molecule has 0 unspecified atom stereocenters. The second kappa shape index (κ2) is 2.78. The molecular formula is C8H13N3. The van der Waals surface area contributed by atoms with Crippen LogP contribution in [0.25, 0.3) is 5.57 Å². The summed E-state index contributed by atoms with van der Waals surface area (Å²) in [5.41, 5.74) is 4.95. The van der Waals surface area contributed by atoms with Crippen LogP contribution in [-0.4, -0.2) is 16.7 Å². The molecule has 3 heteroatoms. The molecule has 60 valence electrons. The Morgan fingerprint density at radius 3 is 2.73 bits per heavy atom. The quantitative estimate of drug-likeness (QED) is 0.692. The molecule has 0 aromatic carbocycles. The second-order valence-electron chi connectivity index (χ2n) is 2.58. The van der Waals surface area contributed by atoms with Gasteiger partial charge in [-0.05, 0) is 19.4 Å². The van der Waals surface area contributed by atoms with Gasteiger partial charge < -0.3 is 5.43 Å². The molecule has 0 amide bonds. The molecule has 0 atom stereocenters. The van der Waals surface area contributed by atoms with Crippen LogP contribution in [0.4, 0.5) is 0 Å². The van der Waals surface area contributed by atoms with Crippen molar-refractivity contribution < 1.29 is 0 Å². The zero-order valence-corrected chi connectivity index (χ0v) is 7.18. The van der Waals surface area contributed by atoms with E-state index in [9.17, 15) is 0 Å². The minimum absolute atomic E-state index is 0.894. The van der Waals surface area contributed by atoms with Crippen molar-refractivity contribution in [1.82, 2.24) is 9.66 Å². The van der Waals surface area contributed by atoms with Crippen molar-refractivity contribution in [3.8, 4) is 0 Å². The van der Waals surface area contributed by atoms with Crippen LogP contribution >= 0.6 is 0 Å². The van der Waals surface area contributed by atoms with Gasteiger partial charge >= 0.3 is 0 Å². The SMILES string of the molecule is C=C(C)c1nc(C)cn1NC. The van der Waals surface area contributed by atoms with E-state index in [2.05, 4.69) is 17.0 Å². The average molecular weight is 151 g/mol. The summed E-state index contributed by atoms with van der Waals surface area (Å²) < 4.78 is 1.86. The Morgan fingerprint density at radius 1 is 1.73 bits per heavy atom. The summed E-state index contributed by atoms with van der Waals surface area (Å²) in [4.78, 5) is 4.28. The lowest BCUT2D eigenvalue weighted by Crippen LogP contribution is -2.10. The lowest BCUT2D eigenvalue weighted by Gasteiger charge is -2.03. The lowest BCUT2D eigenvalue weighted by atomic mass is 10.3. The maximum atomic E-state index is 4.28. The van der Waals surface area contributed by atoms with Gasteiger partial charge in [0.15, 0.2) is 5.82 Å². The second-order valence-corrected chi connectivity index (χ2v) is 2.58. The van der Waals surface area contributed by atoms with Crippen LogP contribution in [0.15, 0.2) is 12.8 Å². The molecule has 0 saturated heterocycles. The van der Waals surface area contributed by atoms with Crippen molar-refractivity contribution in [2.24, 2.45) is 0 Å². The Hall–Kier alpha value is -1.25. The topological polar surface area (TPSA) is 29.9 Å². The number of nitrogens with zero attached hydrogens (tertiary/aromatic N) is 2. The van der Waals surface area contributed by atoms with Crippen LogP contribution in [0.3, 0.4) is 0 Å². The molecule has 1 heterocycles. The lowest BCUT2D eigenvalue weighted by molar-refractivity contribution is 0.900. The van der Waals surface area contributed by atoms with Gasteiger partial charge in [-0.2, -0.15) is 0 Å². The van der Waals surface area contributed by atoms with Gasteiger partial charge in [0.05, 0.1) is 5.69 Å². The Labute approximate surface area is 66.7 Å². The van der Waals surface area contributed by atoms with Gasteiger partial charge in [-0.1, -0.05) is 6.58 Å². The minimum atomic E-state index is 0.894. The first kappa shape index (κ1) is 7.85. The van der Waals surface area contributed by atoms with Crippen LogP contribution < -0.4 is 5.43 Å². The van der Waals surface area contributed by atoms with E-state index in [0.717, 1.165) is 17.1 Å². The maximum Gasteiger partial charge on any atom is 0.153 e. The molecule has 1 rings (SSSR count). The Morgan fingerprint density at radius 2 is 2.36 bits per heavy atom. The molecular weight excluding hydrogens is 138 g/mol. The fraction of sp³-hybridized carbons (Fsp3) is 0.375. The summed E-state index contributed by atoms with van der Waals surface area (Å²) in [6.45, 7) is 7.72. The molecule has 0 spiro atoms. The first-order chi connectivity index (χ1) is 5.15. The molecule has 1 aromatic heterocycles. The van der Waals surface area contributed by atoms with E-state index < -0.39 is 0 Å². The number of rotatable bonds is 2. The van der Waals surface area contributed by atoms with Crippen molar-refractivity contribution in [3.05, 3.63) is 24.3 Å². The van der Waals surface area contributed by atoms with Crippen LogP contribution in [0.5, 0.6) is 0 Å². The van der Waals surface area contributed by atoms with Crippen LogP contribution in [0, 0.1) is 6.92 Å². The standard InChI is InChI=1S/C8H13N3/c1-6(2)8-10-7(3)5-11(8)9-4/h5,9H,1H2,2-4H3. The fourth-order valence-corrected chi connectivity index (χ4v) is 0.969. The molecule has 0 aliphatic heterocycles. The van der Waals surface area contributed by atoms with Crippen molar-refractivity contribution in [2.75, 3.05) is 12.5 Å². The number of allylic oxidation sites excluding steroid dienone is 1. The summed E-state index contributed by atoms with van der Waals surface area (Å²) in [6.07, 6.45) is 1.93. The van der Waals surface area contributed by atoms with E-state index in [1.807, 2.05) is 31.8 Å². The molecule has 0 radical (unpaired) electrons. The molecule has 0 saturated carbocycles. The maximum absolute atomic E-state index is 4.28. The highest BCUT2D eigenvalue weighted by atomic mass is 15.4. The van der Waals surface area contributed by atoms with E-state index in [1.54, 1.807) is 0 Å². The largest absolute Gasteiger partial charge is 0.328 e. The predicted molar refractivity (Wildman–Crippen MR) is 47.0 cm³/mol. The average Bonchev–Trinajstić information content (AvgIpc) is 2.30. The van der Waals surface area contributed by atoms with Gasteiger partial charge in [-0.15, -0.1) is 0 Å². The highest BCUT2D eigenvalue weighted by molar-refractivity contribution is 5.55. The zero-order valence-electron chi connectivity index (χ0n) is 7.18. The van der Waals surface area contributed by atoms with Crippen molar-refractivity contribution in [2.45, 2.75) is 13.8 Å². The van der Waals surface area contributed by atoms with Gasteiger partial charge in [0.2, 0.25) is 0 Å². The number of hydrogen-bond donors (Lipinski definition) is 1. The number of hydrogen-bond acceptors (Lipinski definition) is 2. The summed E-state index contributed by atoms with van der Waals surface area (Å²) in [6, 6.07) is 0. The van der Waals surface area contributed by atoms with Crippen molar-refractivity contribution >= 4 is 5.57 Å². The summed E-state index contributed by atoms with van der Waals surface area (Å²) in [5, 5.41) is 0. The highest BCUT2D eigenvalue weighted by Gasteiger charge is 2.03. The minimum Gasteiger partial charge on any atom is -0.328 e. The number of imidazole rings is 1. The van der Waals surface area contributed by atoms with Gasteiger partial charge in [-0.25, -0.2) is 9.66 Å². The van der Waals surface area contributed by atoms with Crippen LogP contribution in [0.1, 0.15) is 18.4 Å². The zero-order chi connectivity index (χ0) is 8.43. The van der Waals surface area contributed by atoms with Gasteiger partial charge in [-0.3, -0.25) is 0 Å². The fourth-order valence-electron chi connectivity index (χ4n) is 0.969. The molecule has 0 aliphatic rings. The molecule has 11 heavy (non-hydrogen) atoms. The third-order valence-electron chi connectivity index (χ3n) is 1.45. The number of aromatic nitrogens is 2.